The number of aldehydes is 1. The molecule has 0 saturated carbocycles. The van der Waals surface area contributed by atoms with Crippen molar-refractivity contribution in [3.8, 4) is 0 Å². The average Bonchev–Trinajstić information content (AvgIpc) is 2.27. The highest BCUT2D eigenvalue weighted by Gasteiger charge is 2.35. The average molecular weight is 307 g/mol. The van der Waals surface area contributed by atoms with Crippen LogP contribution in [-0.4, -0.2) is 29.5 Å². The first-order chi connectivity index (χ1) is 7.85. The van der Waals surface area contributed by atoms with Gasteiger partial charge in [0.15, 0.2) is 0 Å². The lowest BCUT2D eigenvalue weighted by Crippen LogP contribution is -2.41. The Hall–Kier alpha value is -0.680. The summed E-state index contributed by atoms with van der Waals surface area (Å²) in [5, 5.41) is 0. The van der Waals surface area contributed by atoms with Gasteiger partial charge in [-0.2, -0.15) is 0 Å². The fourth-order valence-corrected chi connectivity index (χ4v) is 1.13. The Balaban J connectivity index is 4.56. The quantitative estimate of drug-likeness (QED) is 0.173. The molecule has 2 unspecified atom stereocenters. The van der Waals surface area contributed by atoms with Crippen LogP contribution in [0.2, 0.25) is 0 Å². The molecule has 0 aliphatic carbocycles. The van der Waals surface area contributed by atoms with E-state index in [0.717, 1.165) is 12.8 Å². The maximum atomic E-state index is 11.4. The highest BCUT2D eigenvalue weighted by Crippen LogP contribution is 2.24. The minimum absolute atomic E-state index is 0.267. The van der Waals surface area contributed by atoms with Gasteiger partial charge < -0.3 is 14.3 Å². The highest BCUT2D eigenvalue weighted by molar-refractivity contribution is 9.10. The predicted octanol–water partition coefficient (Wildman–Crippen LogP) is 2.60. The van der Waals surface area contributed by atoms with Gasteiger partial charge in [0, 0.05) is 5.57 Å². The van der Waals surface area contributed by atoms with Crippen molar-refractivity contribution in [1.29, 1.82) is 0 Å². The van der Waals surface area contributed by atoms with Crippen molar-refractivity contribution in [2.45, 2.75) is 44.2 Å². The van der Waals surface area contributed by atoms with Gasteiger partial charge in [-0.25, -0.2) is 4.79 Å². The lowest BCUT2D eigenvalue weighted by Gasteiger charge is -2.27. The number of unbranched alkanes of at least 4 members (excludes halogenated alkanes) is 1. The first-order valence-corrected chi connectivity index (χ1v) is 6.27. The second-order valence-electron chi connectivity index (χ2n) is 4.01. The summed E-state index contributed by atoms with van der Waals surface area (Å²) in [6.45, 7) is 9.05. The molecule has 0 amide bonds. The van der Waals surface area contributed by atoms with Crippen molar-refractivity contribution in [2.75, 3.05) is 6.61 Å². The predicted molar refractivity (Wildman–Crippen MR) is 69.0 cm³/mol. The van der Waals surface area contributed by atoms with Crippen LogP contribution in [0.15, 0.2) is 12.2 Å². The minimum atomic E-state index is -1.05. The SMILES string of the molecule is C=C(C)C(=O)OC(OCCCC)C(C)(Br)C=O. The number of hydrogen-bond acceptors (Lipinski definition) is 4. The Labute approximate surface area is 110 Å². The van der Waals surface area contributed by atoms with E-state index in [-0.39, 0.29) is 5.57 Å². The molecule has 0 bridgehead atoms. The highest BCUT2D eigenvalue weighted by atomic mass is 79.9. The van der Waals surface area contributed by atoms with E-state index in [0.29, 0.717) is 12.9 Å². The molecule has 0 rings (SSSR count). The summed E-state index contributed by atoms with van der Waals surface area (Å²) in [6.07, 6.45) is 1.50. The Morgan fingerprint density at radius 2 is 2.18 bits per heavy atom. The van der Waals surface area contributed by atoms with Gasteiger partial charge in [0.2, 0.25) is 6.29 Å². The second-order valence-corrected chi connectivity index (χ2v) is 5.72. The van der Waals surface area contributed by atoms with E-state index < -0.39 is 16.6 Å². The van der Waals surface area contributed by atoms with Gasteiger partial charge in [-0.3, -0.25) is 0 Å². The van der Waals surface area contributed by atoms with Crippen LogP contribution in [0, 0.1) is 0 Å². The number of rotatable bonds is 8. The summed E-state index contributed by atoms with van der Waals surface area (Å²) < 4.78 is 9.42. The first-order valence-electron chi connectivity index (χ1n) is 5.48. The number of alkyl halides is 1. The molecule has 0 fully saturated rings. The number of ether oxygens (including phenoxy) is 2. The standard InChI is InChI=1S/C12H19BrO4/c1-5-6-7-16-11(12(4,13)8-14)17-10(15)9(2)3/h8,11H,2,5-7H2,1,3-4H3. The van der Waals surface area contributed by atoms with Gasteiger partial charge in [0.25, 0.3) is 0 Å². The minimum Gasteiger partial charge on any atom is -0.430 e. The Kier molecular flexibility index (Phi) is 7.30. The first kappa shape index (κ1) is 16.3. The van der Waals surface area contributed by atoms with E-state index in [2.05, 4.69) is 22.5 Å². The molecule has 0 aromatic carbocycles. The molecule has 98 valence electrons. The van der Waals surface area contributed by atoms with Crippen LogP contribution in [0.5, 0.6) is 0 Å². The summed E-state index contributed by atoms with van der Waals surface area (Å²) in [5.74, 6) is -0.570. The zero-order valence-electron chi connectivity index (χ0n) is 10.5. The van der Waals surface area contributed by atoms with E-state index >= 15 is 0 Å². The maximum Gasteiger partial charge on any atom is 0.335 e. The van der Waals surface area contributed by atoms with Crippen molar-refractivity contribution in [3.05, 3.63) is 12.2 Å². The number of carbonyl (C=O) groups excluding carboxylic acids is 2. The van der Waals surface area contributed by atoms with Gasteiger partial charge in [-0.05, 0) is 20.3 Å². The smallest absolute Gasteiger partial charge is 0.335 e. The molecule has 0 aromatic rings. The van der Waals surface area contributed by atoms with Crippen LogP contribution in [0.3, 0.4) is 0 Å². The normalized spacial score (nSPS) is 15.8. The van der Waals surface area contributed by atoms with Crippen molar-refractivity contribution < 1.29 is 19.1 Å². The molecule has 0 N–H and O–H groups in total. The van der Waals surface area contributed by atoms with Crippen molar-refractivity contribution in [1.82, 2.24) is 0 Å². The van der Waals surface area contributed by atoms with Gasteiger partial charge in [-0.15, -0.1) is 0 Å². The van der Waals surface area contributed by atoms with Crippen LogP contribution in [0.25, 0.3) is 0 Å². The summed E-state index contributed by atoms with van der Waals surface area (Å²) in [5.41, 5.74) is 0.267. The molecule has 2 atom stereocenters. The summed E-state index contributed by atoms with van der Waals surface area (Å²) in [7, 11) is 0. The molecule has 0 spiro atoms. The van der Waals surface area contributed by atoms with Crippen molar-refractivity contribution in [3.63, 3.8) is 0 Å². The molecular weight excluding hydrogens is 288 g/mol. The lowest BCUT2D eigenvalue weighted by molar-refractivity contribution is -0.180. The molecule has 0 aliphatic rings. The molecular formula is C12H19BrO4. The number of esters is 1. The Bertz CT molecular complexity index is 286. The van der Waals surface area contributed by atoms with E-state index in [1.807, 2.05) is 6.92 Å². The monoisotopic (exact) mass is 306 g/mol. The Morgan fingerprint density at radius 1 is 1.59 bits per heavy atom. The Morgan fingerprint density at radius 3 is 2.59 bits per heavy atom. The zero-order valence-corrected chi connectivity index (χ0v) is 12.1. The third-order valence-electron chi connectivity index (χ3n) is 2.02. The van der Waals surface area contributed by atoms with Gasteiger partial charge >= 0.3 is 5.97 Å². The van der Waals surface area contributed by atoms with E-state index in [1.165, 1.54) is 6.92 Å². The maximum absolute atomic E-state index is 11.4. The number of halogens is 1. The number of carbonyl (C=O) groups is 2. The molecule has 17 heavy (non-hydrogen) atoms. The van der Waals surface area contributed by atoms with Crippen LogP contribution in [0.1, 0.15) is 33.6 Å². The van der Waals surface area contributed by atoms with E-state index in [4.69, 9.17) is 9.47 Å². The van der Waals surface area contributed by atoms with Crippen LogP contribution < -0.4 is 0 Å². The van der Waals surface area contributed by atoms with Crippen LogP contribution >= 0.6 is 15.9 Å². The molecule has 0 saturated heterocycles. The third kappa shape index (κ3) is 5.98. The largest absolute Gasteiger partial charge is 0.430 e. The second kappa shape index (κ2) is 7.61. The van der Waals surface area contributed by atoms with Crippen molar-refractivity contribution >= 4 is 28.2 Å². The number of hydrogen-bond donors (Lipinski definition) is 0. The summed E-state index contributed by atoms with van der Waals surface area (Å²) in [6, 6.07) is 0. The van der Waals surface area contributed by atoms with Crippen LogP contribution in [-0.2, 0) is 19.1 Å². The third-order valence-corrected chi connectivity index (χ3v) is 2.58. The lowest BCUT2D eigenvalue weighted by atomic mass is 10.2. The van der Waals surface area contributed by atoms with E-state index in [1.54, 1.807) is 6.92 Å². The van der Waals surface area contributed by atoms with Gasteiger partial charge in [0.05, 0.1) is 6.61 Å². The summed E-state index contributed by atoms with van der Waals surface area (Å²) in [4.78, 5) is 22.3. The molecule has 4 nitrogen and oxygen atoms in total. The van der Waals surface area contributed by atoms with Crippen molar-refractivity contribution in [2.24, 2.45) is 0 Å². The van der Waals surface area contributed by atoms with Crippen LogP contribution in [0.4, 0.5) is 0 Å². The van der Waals surface area contributed by atoms with E-state index in [9.17, 15) is 9.59 Å². The molecule has 0 aliphatic heterocycles. The molecule has 0 radical (unpaired) electrons. The fraction of sp³-hybridized carbons (Fsp3) is 0.667. The molecule has 5 heteroatoms. The zero-order chi connectivity index (χ0) is 13.5. The van der Waals surface area contributed by atoms with Gasteiger partial charge in [-0.1, -0.05) is 35.9 Å². The molecule has 0 aromatic heterocycles. The topological polar surface area (TPSA) is 52.6 Å². The molecule has 0 heterocycles. The fourth-order valence-electron chi connectivity index (χ4n) is 0.900. The van der Waals surface area contributed by atoms with Gasteiger partial charge in [0.1, 0.15) is 10.6 Å². The summed E-state index contributed by atoms with van der Waals surface area (Å²) >= 11 is 3.18.